The van der Waals surface area contributed by atoms with Crippen molar-refractivity contribution in [1.29, 1.82) is 0 Å². The number of nitrogens with two attached hydrogens (primary N) is 1. The van der Waals surface area contributed by atoms with Crippen LogP contribution in [0.2, 0.25) is 0 Å². The smallest absolute Gasteiger partial charge is 0.142 e. The van der Waals surface area contributed by atoms with Gasteiger partial charge in [0.25, 0.3) is 0 Å². The van der Waals surface area contributed by atoms with E-state index in [2.05, 4.69) is 47.1 Å². The molecule has 3 heteroatoms. The van der Waals surface area contributed by atoms with Crippen LogP contribution in [0.4, 0.5) is 4.39 Å². The third-order valence-corrected chi connectivity index (χ3v) is 3.88. The van der Waals surface area contributed by atoms with Gasteiger partial charge in [0.05, 0.1) is 4.47 Å². The zero-order chi connectivity index (χ0) is 13.8. The molecule has 100 valence electrons. The third-order valence-electron chi connectivity index (χ3n) is 3.27. The third kappa shape index (κ3) is 3.43. The first kappa shape index (κ1) is 14.2. The lowest BCUT2D eigenvalue weighted by atomic mass is 9.98. The van der Waals surface area contributed by atoms with Crippen LogP contribution in [0.3, 0.4) is 0 Å². The van der Waals surface area contributed by atoms with Gasteiger partial charge < -0.3 is 5.73 Å². The van der Waals surface area contributed by atoms with Gasteiger partial charge in [-0.2, -0.15) is 0 Å². The Labute approximate surface area is 121 Å². The quantitative estimate of drug-likeness (QED) is 0.887. The molecule has 2 rings (SSSR count). The molecule has 0 amide bonds. The summed E-state index contributed by atoms with van der Waals surface area (Å²) in [4.78, 5) is 0. The van der Waals surface area contributed by atoms with Crippen molar-refractivity contribution in [2.45, 2.75) is 25.8 Å². The first-order valence-electron chi connectivity index (χ1n) is 6.39. The molecular weight excluding hydrogens is 305 g/mol. The molecule has 1 atom stereocenters. The molecule has 2 N–H and O–H groups in total. The summed E-state index contributed by atoms with van der Waals surface area (Å²) in [7, 11) is 0. The number of hydrogen-bond donors (Lipinski definition) is 1. The standard InChI is InChI=1S/C16H17BrFN/c1-2-11-6-8-12(9-7-11)10-15(19)13-4-3-5-14(17)16(13)18/h3-9,15H,2,10,19H2,1H3. The van der Waals surface area contributed by atoms with E-state index in [1.807, 2.05) is 6.07 Å². The van der Waals surface area contributed by atoms with Crippen molar-refractivity contribution in [2.24, 2.45) is 5.73 Å². The van der Waals surface area contributed by atoms with E-state index in [4.69, 9.17) is 5.73 Å². The Morgan fingerprint density at radius 3 is 2.37 bits per heavy atom. The molecule has 0 radical (unpaired) electrons. The van der Waals surface area contributed by atoms with Gasteiger partial charge in [0.2, 0.25) is 0 Å². The number of aryl methyl sites for hydroxylation is 1. The Morgan fingerprint density at radius 2 is 1.74 bits per heavy atom. The molecule has 0 heterocycles. The minimum Gasteiger partial charge on any atom is -0.324 e. The van der Waals surface area contributed by atoms with Crippen molar-refractivity contribution in [3.05, 3.63) is 69.4 Å². The van der Waals surface area contributed by atoms with Crippen LogP contribution >= 0.6 is 15.9 Å². The summed E-state index contributed by atoms with van der Waals surface area (Å²) in [6, 6.07) is 13.2. The van der Waals surface area contributed by atoms with Crippen molar-refractivity contribution >= 4 is 15.9 Å². The molecule has 0 aliphatic rings. The van der Waals surface area contributed by atoms with Gasteiger partial charge in [-0.3, -0.25) is 0 Å². The minimum atomic E-state index is -0.329. The Balaban J connectivity index is 2.15. The van der Waals surface area contributed by atoms with Crippen LogP contribution < -0.4 is 5.73 Å². The van der Waals surface area contributed by atoms with Crippen LogP contribution in [0.25, 0.3) is 0 Å². The highest BCUT2D eigenvalue weighted by Crippen LogP contribution is 2.24. The molecule has 2 aromatic carbocycles. The van der Waals surface area contributed by atoms with Gasteiger partial charge >= 0.3 is 0 Å². The maximum Gasteiger partial charge on any atom is 0.142 e. The second-order valence-corrected chi connectivity index (χ2v) is 5.48. The van der Waals surface area contributed by atoms with E-state index in [0.717, 1.165) is 12.0 Å². The summed E-state index contributed by atoms with van der Waals surface area (Å²) in [5.41, 5.74) is 9.08. The molecule has 0 saturated carbocycles. The summed E-state index contributed by atoms with van der Waals surface area (Å²) in [6.07, 6.45) is 1.66. The van der Waals surface area contributed by atoms with Gasteiger partial charge in [-0.25, -0.2) is 4.39 Å². The molecule has 0 aliphatic heterocycles. The van der Waals surface area contributed by atoms with Crippen LogP contribution in [0.15, 0.2) is 46.9 Å². The molecule has 1 unspecified atom stereocenters. The molecular formula is C16H17BrFN. The zero-order valence-electron chi connectivity index (χ0n) is 10.9. The Morgan fingerprint density at radius 1 is 1.11 bits per heavy atom. The molecule has 0 aromatic heterocycles. The van der Waals surface area contributed by atoms with E-state index < -0.39 is 0 Å². The number of halogens is 2. The predicted octanol–water partition coefficient (Wildman–Crippen LogP) is 4.39. The highest BCUT2D eigenvalue weighted by atomic mass is 79.9. The second-order valence-electron chi connectivity index (χ2n) is 4.62. The average Bonchev–Trinajstić information content (AvgIpc) is 2.42. The highest BCUT2D eigenvalue weighted by Gasteiger charge is 2.13. The lowest BCUT2D eigenvalue weighted by Gasteiger charge is -2.14. The predicted molar refractivity (Wildman–Crippen MR) is 80.6 cm³/mol. The normalized spacial score (nSPS) is 12.4. The van der Waals surface area contributed by atoms with Gasteiger partial charge in [-0.15, -0.1) is 0 Å². The lowest BCUT2D eigenvalue weighted by Crippen LogP contribution is -2.15. The first-order chi connectivity index (χ1) is 9.11. The number of hydrogen-bond acceptors (Lipinski definition) is 1. The summed E-state index contributed by atoms with van der Waals surface area (Å²) in [6.45, 7) is 2.12. The van der Waals surface area contributed by atoms with E-state index >= 15 is 0 Å². The SMILES string of the molecule is CCc1ccc(CC(N)c2cccc(Br)c2F)cc1. The van der Waals surface area contributed by atoms with E-state index in [-0.39, 0.29) is 11.9 Å². The molecule has 0 bridgehead atoms. The molecule has 19 heavy (non-hydrogen) atoms. The van der Waals surface area contributed by atoms with Crippen LogP contribution in [-0.4, -0.2) is 0 Å². The maximum absolute atomic E-state index is 13.9. The Kier molecular flexibility index (Phi) is 4.72. The average molecular weight is 322 g/mol. The van der Waals surface area contributed by atoms with Crippen molar-refractivity contribution in [2.75, 3.05) is 0 Å². The van der Waals surface area contributed by atoms with Crippen LogP contribution in [0.1, 0.15) is 29.7 Å². The van der Waals surface area contributed by atoms with Gasteiger partial charge in [-0.05, 0) is 46.0 Å². The van der Waals surface area contributed by atoms with Gasteiger partial charge in [0.1, 0.15) is 5.82 Å². The Hall–Kier alpha value is -1.19. The Bertz CT molecular complexity index is 551. The summed E-state index contributed by atoms with van der Waals surface area (Å²) < 4.78 is 14.4. The molecule has 0 spiro atoms. The van der Waals surface area contributed by atoms with Crippen molar-refractivity contribution in [3.63, 3.8) is 0 Å². The van der Waals surface area contributed by atoms with E-state index in [0.29, 0.717) is 16.5 Å². The van der Waals surface area contributed by atoms with Crippen molar-refractivity contribution < 1.29 is 4.39 Å². The van der Waals surface area contributed by atoms with Crippen LogP contribution in [0, 0.1) is 5.82 Å². The largest absolute Gasteiger partial charge is 0.324 e. The van der Waals surface area contributed by atoms with Gasteiger partial charge in [0.15, 0.2) is 0 Å². The topological polar surface area (TPSA) is 26.0 Å². The maximum atomic E-state index is 13.9. The van der Waals surface area contributed by atoms with Crippen molar-refractivity contribution in [1.82, 2.24) is 0 Å². The fraction of sp³-hybridized carbons (Fsp3) is 0.250. The molecule has 0 saturated heterocycles. The second kappa shape index (κ2) is 6.31. The molecule has 0 fully saturated rings. The van der Waals surface area contributed by atoms with Gasteiger partial charge in [-0.1, -0.05) is 43.3 Å². The van der Waals surface area contributed by atoms with E-state index in [1.54, 1.807) is 12.1 Å². The van der Waals surface area contributed by atoms with Crippen LogP contribution in [0.5, 0.6) is 0 Å². The van der Waals surface area contributed by atoms with Crippen LogP contribution in [-0.2, 0) is 12.8 Å². The summed E-state index contributed by atoms with van der Waals surface area (Å²) >= 11 is 3.19. The fourth-order valence-electron chi connectivity index (χ4n) is 2.08. The molecule has 1 nitrogen and oxygen atoms in total. The fourth-order valence-corrected chi connectivity index (χ4v) is 2.46. The van der Waals surface area contributed by atoms with Crippen molar-refractivity contribution in [3.8, 4) is 0 Å². The highest BCUT2D eigenvalue weighted by molar-refractivity contribution is 9.10. The van der Waals surface area contributed by atoms with E-state index in [9.17, 15) is 4.39 Å². The molecule has 0 aliphatic carbocycles. The van der Waals surface area contributed by atoms with Gasteiger partial charge in [0, 0.05) is 11.6 Å². The minimum absolute atomic E-state index is 0.264. The summed E-state index contributed by atoms with van der Waals surface area (Å²) in [5.74, 6) is -0.264. The lowest BCUT2D eigenvalue weighted by molar-refractivity contribution is 0.575. The number of rotatable bonds is 4. The molecule has 2 aromatic rings. The summed E-state index contributed by atoms with van der Waals surface area (Å²) in [5, 5.41) is 0. The first-order valence-corrected chi connectivity index (χ1v) is 7.18. The monoisotopic (exact) mass is 321 g/mol. The zero-order valence-corrected chi connectivity index (χ0v) is 12.5. The number of benzene rings is 2. The van der Waals surface area contributed by atoms with E-state index in [1.165, 1.54) is 5.56 Å².